The summed E-state index contributed by atoms with van der Waals surface area (Å²) >= 11 is 11.5. The summed E-state index contributed by atoms with van der Waals surface area (Å²) in [4.78, 5) is 38.1. The van der Waals surface area contributed by atoms with Gasteiger partial charge in [-0.3, -0.25) is 19.1 Å². The van der Waals surface area contributed by atoms with Gasteiger partial charge in [0.2, 0.25) is 0 Å². The lowest BCUT2D eigenvalue weighted by atomic mass is 9.99. The number of hydrogen-bond donors (Lipinski definition) is 3. The summed E-state index contributed by atoms with van der Waals surface area (Å²) in [6, 6.07) is 3.68. The lowest BCUT2D eigenvalue weighted by molar-refractivity contribution is -0.149. The Kier molecular flexibility index (Phi) is 9.54. The first-order valence-electron chi connectivity index (χ1n) is 11.3. The minimum Gasteiger partial charge on any atom is -0.462 e. The molecule has 1 aliphatic heterocycles. The van der Waals surface area contributed by atoms with E-state index in [1.807, 2.05) is 0 Å². The Balaban J connectivity index is 1.82. The van der Waals surface area contributed by atoms with Crippen molar-refractivity contribution in [1.29, 1.82) is 0 Å². The van der Waals surface area contributed by atoms with Gasteiger partial charge >= 0.3 is 18.3 Å². The third kappa shape index (κ3) is 7.30. The molecule has 5 atom stereocenters. The summed E-state index contributed by atoms with van der Waals surface area (Å²) in [5.41, 5.74) is -3.40. The van der Waals surface area contributed by atoms with Gasteiger partial charge in [0.05, 0.1) is 23.8 Å². The first-order valence-corrected chi connectivity index (χ1v) is 14.3. The summed E-state index contributed by atoms with van der Waals surface area (Å²) < 4.78 is 37.3. The predicted molar refractivity (Wildman–Crippen MR) is 140 cm³/mol. The third-order valence-electron chi connectivity index (χ3n) is 5.23. The summed E-state index contributed by atoms with van der Waals surface area (Å²) in [6.45, 7) is 1.01. The smallest absolute Gasteiger partial charge is 0.330 e. The van der Waals surface area contributed by atoms with E-state index < -0.39 is 53.7 Å². The molecule has 11 nitrogen and oxygen atoms in total. The zero-order chi connectivity index (χ0) is 28.3. The second-order valence-electron chi connectivity index (χ2n) is 8.70. The van der Waals surface area contributed by atoms with Crippen LogP contribution in [0.25, 0.3) is 0 Å². The van der Waals surface area contributed by atoms with Gasteiger partial charge in [-0.15, -0.1) is 6.42 Å². The number of nitrogens with one attached hydrogen (secondary N) is 2. The number of carbonyl (C=O) groups is 1. The maximum absolute atomic E-state index is 13.6. The number of benzene rings is 1. The number of esters is 1. The number of hydrogen-bond acceptors (Lipinski definition) is 9. The Hall–Kier alpha value is -2.56. The van der Waals surface area contributed by atoms with Crippen LogP contribution in [0.15, 0.2) is 40.1 Å². The number of terminal acetylenes is 1. The minimum absolute atomic E-state index is 0.0711. The third-order valence-corrected chi connectivity index (χ3v) is 8.02. The van der Waals surface area contributed by atoms with Gasteiger partial charge in [-0.25, -0.2) is 14.3 Å². The normalized spacial score (nSPS) is 23.4. The highest BCUT2D eigenvalue weighted by molar-refractivity contribution is 8.09. The maximum Gasteiger partial charge on any atom is 0.330 e. The van der Waals surface area contributed by atoms with Crippen molar-refractivity contribution in [3.63, 3.8) is 0 Å². The van der Waals surface area contributed by atoms with Crippen molar-refractivity contribution in [1.82, 2.24) is 14.6 Å². The van der Waals surface area contributed by atoms with E-state index in [2.05, 4.69) is 16.0 Å². The van der Waals surface area contributed by atoms with E-state index >= 15 is 0 Å². The highest BCUT2D eigenvalue weighted by Crippen LogP contribution is 2.47. The van der Waals surface area contributed by atoms with Gasteiger partial charge in [0.15, 0.2) is 11.8 Å². The van der Waals surface area contributed by atoms with Crippen LogP contribution in [-0.4, -0.2) is 51.1 Å². The molecule has 0 bridgehead atoms. The average Bonchev–Trinajstić information content (AvgIpc) is 3.16. The summed E-state index contributed by atoms with van der Waals surface area (Å²) in [7, 11) is 0. The van der Waals surface area contributed by atoms with E-state index in [0.29, 0.717) is 0 Å². The van der Waals surface area contributed by atoms with Gasteiger partial charge in [0, 0.05) is 24.8 Å². The molecule has 2 aromatic rings. The largest absolute Gasteiger partial charge is 0.462 e. The van der Waals surface area contributed by atoms with Crippen LogP contribution in [0, 0.1) is 18.2 Å². The molecule has 1 aromatic heterocycles. The number of rotatable bonds is 10. The van der Waals surface area contributed by atoms with E-state index in [1.54, 1.807) is 13.8 Å². The van der Waals surface area contributed by atoms with E-state index in [0.717, 1.165) is 22.9 Å². The van der Waals surface area contributed by atoms with Gasteiger partial charge in [-0.05, 0) is 44.7 Å². The van der Waals surface area contributed by atoms with Gasteiger partial charge in [0.25, 0.3) is 5.56 Å². The molecular weight excluding hydrogens is 564 g/mol. The van der Waals surface area contributed by atoms with Crippen LogP contribution in [0.1, 0.15) is 33.4 Å². The number of carbonyl (C=O) groups excluding carboxylic acids is 1. The Morgan fingerprint density at radius 2 is 2.16 bits per heavy atom. The lowest BCUT2D eigenvalue weighted by Crippen LogP contribution is -2.41. The number of ether oxygens (including phenoxy) is 2. The molecule has 1 unspecified atom stereocenters. The molecule has 2 heterocycles. The number of aromatic nitrogens is 2. The Bertz CT molecular complexity index is 1400. The molecule has 3 N–H and O–H groups in total. The molecule has 1 saturated heterocycles. The molecule has 3 rings (SSSR count). The molecule has 0 radical (unpaired) electrons. The fourth-order valence-corrected chi connectivity index (χ4v) is 6.09. The van der Waals surface area contributed by atoms with Gasteiger partial charge in [0.1, 0.15) is 17.6 Å². The van der Waals surface area contributed by atoms with Crippen molar-refractivity contribution >= 4 is 36.0 Å². The molecule has 38 heavy (non-hydrogen) atoms. The molecule has 206 valence electrons. The first-order chi connectivity index (χ1) is 17.7. The van der Waals surface area contributed by atoms with Crippen LogP contribution >= 0.6 is 18.2 Å². The van der Waals surface area contributed by atoms with Crippen LogP contribution in [0.2, 0.25) is 5.02 Å². The Morgan fingerprint density at radius 3 is 2.76 bits per heavy atom. The van der Waals surface area contributed by atoms with Crippen LogP contribution in [0.3, 0.4) is 0 Å². The summed E-state index contributed by atoms with van der Waals surface area (Å²) in [6.07, 6.45) is 3.90. The van der Waals surface area contributed by atoms with Gasteiger partial charge in [-0.2, -0.15) is 0 Å². The predicted octanol–water partition coefficient (Wildman–Crippen LogP) is 2.23. The van der Waals surface area contributed by atoms with Crippen molar-refractivity contribution in [3.8, 4) is 18.1 Å². The fourth-order valence-electron chi connectivity index (χ4n) is 3.49. The van der Waals surface area contributed by atoms with E-state index in [1.165, 1.54) is 19.1 Å². The molecule has 1 fully saturated rings. The van der Waals surface area contributed by atoms with E-state index in [-0.39, 0.29) is 29.9 Å². The van der Waals surface area contributed by atoms with Crippen molar-refractivity contribution in [2.75, 3.05) is 6.61 Å². The topological polar surface area (TPSA) is 141 Å². The Labute approximate surface area is 227 Å². The number of nitrogens with zero attached hydrogens (tertiary/aromatic N) is 1. The molecule has 0 spiro atoms. The standard InChI is InChI=1S/C23H26ClFN3O8PS/c1-5-23(32)11-16(35-21(23)28-9-8-19(29)26-22(28)31)12-33-37(38,27-14(4)20(30)34-13(2)3)36-15-6-7-18(25)17(24)10-15/h1,6-10,13-14,16,21,32H,11-12H2,2-4H3,(H,27,38)(H,26,29,31)/t14-,16-,21+,23+,37?/m0/s1. The van der Waals surface area contributed by atoms with Crippen molar-refractivity contribution in [2.45, 2.75) is 57.3 Å². The zero-order valence-electron chi connectivity index (χ0n) is 20.6. The molecule has 1 aromatic carbocycles. The van der Waals surface area contributed by atoms with Crippen molar-refractivity contribution in [3.05, 3.63) is 62.1 Å². The van der Waals surface area contributed by atoms with E-state index in [4.69, 9.17) is 48.4 Å². The summed E-state index contributed by atoms with van der Waals surface area (Å²) in [5.74, 6) is 1.00. The highest BCUT2D eigenvalue weighted by Gasteiger charge is 2.48. The van der Waals surface area contributed by atoms with Crippen molar-refractivity contribution < 1.29 is 32.8 Å². The first kappa shape index (κ1) is 30.0. The lowest BCUT2D eigenvalue weighted by Gasteiger charge is -2.27. The summed E-state index contributed by atoms with van der Waals surface area (Å²) in [5, 5.41) is 13.6. The molecule has 0 amide bonds. The second kappa shape index (κ2) is 12.1. The van der Waals surface area contributed by atoms with E-state index in [9.17, 15) is 23.9 Å². The number of H-pyrrole nitrogens is 1. The molecule has 0 aliphatic carbocycles. The van der Waals surface area contributed by atoms with Crippen LogP contribution < -0.4 is 20.9 Å². The molecule has 0 saturated carbocycles. The Morgan fingerprint density at radius 1 is 1.45 bits per heavy atom. The maximum atomic E-state index is 13.6. The van der Waals surface area contributed by atoms with Gasteiger partial charge in [-0.1, -0.05) is 17.5 Å². The minimum atomic E-state index is -3.57. The average molecular weight is 590 g/mol. The van der Waals surface area contributed by atoms with Crippen LogP contribution in [0.5, 0.6) is 5.75 Å². The van der Waals surface area contributed by atoms with Crippen LogP contribution in [-0.2, 0) is 30.6 Å². The molecular formula is C23H26ClFN3O8PS. The monoisotopic (exact) mass is 589 g/mol. The van der Waals surface area contributed by atoms with Crippen LogP contribution in [0.4, 0.5) is 4.39 Å². The number of halogens is 2. The zero-order valence-corrected chi connectivity index (χ0v) is 23.0. The van der Waals surface area contributed by atoms with Gasteiger partial charge < -0.3 is 23.6 Å². The molecule has 1 aliphatic rings. The molecule has 15 heteroatoms. The number of aliphatic hydroxyl groups is 1. The SMILES string of the molecule is C#C[C@@]1(O)C[C@@H](COP(=S)(N[C@@H](C)C(=O)OC(C)C)Oc2ccc(F)c(Cl)c2)O[C@H]1n1ccc(=O)[nH]c1=O. The second-order valence-corrected chi connectivity index (χ2v) is 12.2. The highest BCUT2D eigenvalue weighted by atomic mass is 35.5. The number of aromatic amines is 1. The fraction of sp³-hybridized carbons (Fsp3) is 0.435. The quantitative estimate of drug-likeness (QED) is 0.215. The van der Waals surface area contributed by atoms with Crippen molar-refractivity contribution in [2.24, 2.45) is 0 Å².